The number of aromatic nitrogens is 1. The first-order valence-electron chi connectivity index (χ1n) is 4.95. The van der Waals surface area contributed by atoms with Crippen molar-refractivity contribution in [1.29, 1.82) is 0 Å². The van der Waals surface area contributed by atoms with Crippen molar-refractivity contribution < 1.29 is 13.9 Å². The molecule has 7 heteroatoms. The van der Waals surface area contributed by atoms with Gasteiger partial charge in [0.2, 0.25) is 0 Å². The Morgan fingerprint density at radius 2 is 2.28 bits per heavy atom. The van der Waals surface area contributed by atoms with E-state index in [4.69, 9.17) is 10.5 Å². The molecule has 1 aromatic heterocycles. The van der Waals surface area contributed by atoms with Crippen molar-refractivity contribution in [3.63, 3.8) is 0 Å². The predicted molar refractivity (Wildman–Crippen MR) is 67.4 cm³/mol. The molecule has 0 aliphatic rings. The molecule has 0 saturated heterocycles. The van der Waals surface area contributed by atoms with Gasteiger partial charge in [-0.3, -0.25) is 4.79 Å². The average molecular weight is 267 g/mol. The molecule has 3 N–H and O–H groups in total. The molecule has 0 atom stereocenters. The number of rotatable bonds is 3. The summed E-state index contributed by atoms with van der Waals surface area (Å²) in [6.45, 7) is 0. The Morgan fingerprint density at radius 3 is 2.89 bits per heavy atom. The lowest BCUT2D eigenvalue weighted by Gasteiger charge is -2.06. The molecule has 94 valence electrons. The smallest absolute Gasteiger partial charge is 0.275 e. The lowest BCUT2D eigenvalue weighted by Crippen LogP contribution is -2.12. The van der Waals surface area contributed by atoms with Crippen LogP contribution in [-0.2, 0) is 0 Å². The van der Waals surface area contributed by atoms with E-state index >= 15 is 0 Å². The van der Waals surface area contributed by atoms with Gasteiger partial charge in [0.05, 0.1) is 7.11 Å². The quantitative estimate of drug-likeness (QED) is 0.893. The van der Waals surface area contributed by atoms with Gasteiger partial charge in [-0.2, -0.15) is 0 Å². The Balaban J connectivity index is 2.18. The molecule has 1 amide bonds. The Hall–Kier alpha value is -2.15. The minimum absolute atomic E-state index is 0.195. The summed E-state index contributed by atoms with van der Waals surface area (Å²) in [4.78, 5) is 15.6. The lowest BCUT2D eigenvalue weighted by molar-refractivity contribution is 0.102. The summed E-state index contributed by atoms with van der Waals surface area (Å²) in [5, 5.41) is 4.35. The van der Waals surface area contributed by atoms with Gasteiger partial charge in [-0.25, -0.2) is 9.37 Å². The molecule has 1 heterocycles. The van der Waals surface area contributed by atoms with Crippen LogP contribution in [-0.4, -0.2) is 18.0 Å². The number of benzene rings is 1. The number of hydrogen-bond acceptors (Lipinski definition) is 5. The maximum Gasteiger partial charge on any atom is 0.275 e. The van der Waals surface area contributed by atoms with Crippen molar-refractivity contribution >= 4 is 28.1 Å². The minimum atomic E-state index is -0.498. The van der Waals surface area contributed by atoms with E-state index in [-0.39, 0.29) is 5.69 Å². The summed E-state index contributed by atoms with van der Waals surface area (Å²) in [5.74, 6) is -0.624. The normalized spacial score (nSPS) is 10.1. The molecule has 0 fully saturated rings. The maximum atomic E-state index is 13.2. The zero-order valence-corrected chi connectivity index (χ0v) is 10.3. The largest absolute Gasteiger partial charge is 0.497 e. The fourth-order valence-electron chi connectivity index (χ4n) is 1.34. The first-order valence-corrected chi connectivity index (χ1v) is 5.83. The molecule has 0 saturated carbocycles. The van der Waals surface area contributed by atoms with Crippen LogP contribution < -0.4 is 15.8 Å². The number of carbonyl (C=O) groups excluding carboxylic acids is 1. The summed E-state index contributed by atoms with van der Waals surface area (Å²) in [6, 6.07) is 3.92. The van der Waals surface area contributed by atoms with E-state index < -0.39 is 11.7 Å². The first kappa shape index (κ1) is 12.3. The minimum Gasteiger partial charge on any atom is -0.497 e. The highest BCUT2D eigenvalue weighted by atomic mass is 32.1. The number of ether oxygens (including phenoxy) is 1. The van der Waals surface area contributed by atoms with Crippen molar-refractivity contribution in [1.82, 2.24) is 4.98 Å². The number of amides is 1. The topological polar surface area (TPSA) is 77.2 Å². The highest BCUT2D eigenvalue weighted by Crippen LogP contribution is 2.21. The van der Waals surface area contributed by atoms with E-state index in [9.17, 15) is 9.18 Å². The standard InChI is InChI=1S/C11H10FN3O2S/c1-17-8-3-6(12)2-7(4-8)14-10(16)9-5-18-11(13)15-9/h2-5H,1H3,(H2,13,15)(H,14,16). The monoisotopic (exact) mass is 267 g/mol. The van der Waals surface area contributed by atoms with Gasteiger partial charge >= 0.3 is 0 Å². The van der Waals surface area contributed by atoms with Crippen LogP contribution in [0.1, 0.15) is 10.5 Å². The van der Waals surface area contributed by atoms with Crippen LogP contribution in [0.25, 0.3) is 0 Å². The molecule has 1 aromatic carbocycles. The van der Waals surface area contributed by atoms with Crippen molar-refractivity contribution in [2.45, 2.75) is 0 Å². The van der Waals surface area contributed by atoms with Crippen LogP contribution in [0.3, 0.4) is 0 Å². The molecular formula is C11H10FN3O2S. The fraction of sp³-hybridized carbons (Fsp3) is 0.0909. The zero-order valence-electron chi connectivity index (χ0n) is 9.44. The Bertz CT molecular complexity index is 585. The van der Waals surface area contributed by atoms with Crippen molar-refractivity contribution in [3.8, 4) is 5.75 Å². The molecule has 0 aliphatic heterocycles. The van der Waals surface area contributed by atoms with Gasteiger partial charge in [-0.1, -0.05) is 0 Å². The predicted octanol–water partition coefficient (Wildman–Crippen LogP) is 2.13. The number of thiazole rings is 1. The number of nitrogens with zero attached hydrogens (tertiary/aromatic N) is 1. The molecule has 0 spiro atoms. The number of nitrogens with one attached hydrogen (secondary N) is 1. The summed E-state index contributed by atoms with van der Waals surface area (Å²) < 4.78 is 18.1. The molecule has 2 rings (SSSR count). The van der Waals surface area contributed by atoms with Crippen LogP contribution in [0.5, 0.6) is 5.75 Å². The number of nitrogen functional groups attached to an aromatic ring is 1. The fourth-order valence-corrected chi connectivity index (χ4v) is 1.88. The number of hydrogen-bond donors (Lipinski definition) is 2. The van der Waals surface area contributed by atoms with Crippen LogP contribution in [0.15, 0.2) is 23.6 Å². The van der Waals surface area contributed by atoms with Crippen molar-refractivity contribution in [2.24, 2.45) is 0 Å². The highest BCUT2D eigenvalue weighted by molar-refractivity contribution is 7.13. The summed E-state index contributed by atoms with van der Waals surface area (Å²) in [7, 11) is 1.42. The summed E-state index contributed by atoms with van der Waals surface area (Å²) in [6.07, 6.45) is 0. The number of nitrogens with two attached hydrogens (primary N) is 1. The van der Waals surface area contributed by atoms with Gasteiger partial charge in [-0.05, 0) is 6.07 Å². The van der Waals surface area contributed by atoms with E-state index in [1.54, 1.807) is 0 Å². The lowest BCUT2D eigenvalue weighted by atomic mass is 10.3. The second-order valence-electron chi connectivity index (χ2n) is 3.40. The van der Waals surface area contributed by atoms with E-state index in [1.165, 1.54) is 30.7 Å². The van der Waals surface area contributed by atoms with Gasteiger partial charge < -0.3 is 15.8 Å². The highest BCUT2D eigenvalue weighted by Gasteiger charge is 2.11. The van der Waals surface area contributed by atoms with Crippen molar-refractivity contribution in [3.05, 3.63) is 35.1 Å². The van der Waals surface area contributed by atoms with Crippen molar-refractivity contribution in [2.75, 3.05) is 18.2 Å². The number of halogens is 1. The third-order valence-electron chi connectivity index (χ3n) is 2.12. The molecule has 0 radical (unpaired) electrons. The maximum absolute atomic E-state index is 13.2. The summed E-state index contributed by atoms with van der Waals surface area (Å²) in [5.41, 5.74) is 5.92. The zero-order chi connectivity index (χ0) is 13.1. The Morgan fingerprint density at radius 1 is 1.50 bits per heavy atom. The van der Waals surface area contributed by atoms with E-state index in [2.05, 4.69) is 10.3 Å². The Kier molecular flexibility index (Phi) is 3.42. The molecule has 5 nitrogen and oxygen atoms in total. The second kappa shape index (κ2) is 5.01. The second-order valence-corrected chi connectivity index (χ2v) is 4.29. The van der Waals surface area contributed by atoms with Crippen LogP contribution in [0.2, 0.25) is 0 Å². The van der Waals surface area contributed by atoms with E-state index in [1.807, 2.05) is 0 Å². The summed E-state index contributed by atoms with van der Waals surface area (Å²) >= 11 is 1.16. The number of carbonyl (C=O) groups is 1. The molecule has 0 aliphatic carbocycles. The first-order chi connectivity index (χ1) is 8.58. The molecular weight excluding hydrogens is 257 g/mol. The van der Waals surface area contributed by atoms with Gasteiger partial charge in [0.1, 0.15) is 17.3 Å². The number of anilines is 2. The van der Waals surface area contributed by atoms with E-state index in [0.29, 0.717) is 16.6 Å². The molecule has 0 unspecified atom stereocenters. The molecule has 0 bridgehead atoms. The van der Waals surface area contributed by atoms with E-state index in [0.717, 1.165) is 11.3 Å². The number of methoxy groups -OCH3 is 1. The van der Waals surface area contributed by atoms with Crippen LogP contribution in [0.4, 0.5) is 15.2 Å². The average Bonchev–Trinajstić information content (AvgIpc) is 2.75. The van der Waals surface area contributed by atoms with Crippen LogP contribution >= 0.6 is 11.3 Å². The molecule has 18 heavy (non-hydrogen) atoms. The third-order valence-corrected chi connectivity index (χ3v) is 2.79. The third kappa shape index (κ3) is 2.75. The van der Waals surface area contributed by atoms with Gasteiger partial charge in [-0.15, -0.1) is 11.3 Å². The van der Waals surface area contributed by atoms with Gasteiger partial charge in [0.15, 0.2) is 5.13 Å². The van der Waals surface area contributed by atoms with Crippen LogP contribution in [0, 0.1) is 5.82 Å². The Labute approximate surface area is 106 Å². The van der Waals surface area contributed by atoms with Gasteiger partial charge in [0, 0.05) is 23.2 Å². The molecule has 2 aromatic rings. The van der Waals surface area contributed by atoms with Gasteiger partial charge in [0.25, 0.3) is 5.91 Å². The SMILES string of the molecule is COc1cc(F)cc(NC(=O)c2csc(N)n2)c1.